The third-order valence-corrected chi connectivity index (χ3v) is 2.84. The van der Waals surface area contributed by atoms with Crippen LogP contribution in [0.4, 0.5) is 4.79 Å². The van der Waals surface area contributed by atoms with Gasteiger partial charge in [-0.25, -0.2) is 9.78 Å². The lowest BCUT2D eigenvalue weighted by molar-refractivity contribution is 0.232. The standard InChI is InChI=1S/C14H19ClN4O/c1-14(2,3)18-13(20)16-7-6-11-9-19-8-10(15)4-5-12(19)17-11/h4-5,8-9H,6-7H2,1-3H3,(H2,16,18,20). The Morgan fingerprint density at radius 1 is 1.35 bits per heavy atom. The van der Waals surface area contributed by atoms with E-state index in [4.69, 9.17) is 11.6 Å². The number of aromatic nitrogens is 2. The van der Waals surface area contributed by atoms with E-state index in [1.165, 1.54) is 0 Å². The molecule has 5 nitrogen and oxygen atoms in total. The molecular formula is C14H19ClN4O. The number of rotatable bonds is 3. The van der Waals surface area contributed by atoms with Crippen molar-refractivity contribution >= 4 is 23.3 Å². The molecule has 0 atom stereocenters. The minimum absolute atomic E-state index is 0.163. The van der Waals surface area contributed by atoms with Crippen molar-refractivity contribution in [2.45, 2.75) is 32.7 Å². The number of halogens is 1. The van der Waals surface area contributed by atoms with Crippen LogP contribution >= 0.6 is 11.6 Å². The second-order valence-electron chi connectivity index (χ2n) is 5.73. The number of urea groups is 1. The van der Waals surface area contributed by atoms with Gasteiger partial charge in [-0.1, -0.05) is 11.6 Å². The van der Waals surface area contributed by atoms with E-state index in [0.717, 1.165) is 11.3 Å². The Morgan fingerprint density at radius 3 is 2.80 bits per heavy atom. The quantitative estimate of drug-likeness (QED) is 0.914. The first-order valence-electron chi connectivity index (χ1n) is 6.53. The largest absolute Gasteiger partial charge is 0.338 e. The van der Waals surface area contributed by atoms with E-state index in [-0.39, 0.29) is 11.6 Å². The second kappa shape index (κ2) is 5.71. The average molecular weight is 295 g/mol. The van der Waals surface area contributed by atoms with Crippen LogP contribution in [0.15, 0.2) is 24.5 Å². The average Bonchev–Trinajstić information content (AvgIpc) is 2.68. The first-order valence-corrected chi connectivity index (χ1v) is 6.90. The number of nitrogens with zero attached hydrogens (tertiary/aromatic N) is 2. The highest BCUT2D eigenvalue weighted by molar-refractivity contribution is 6.30. The molecule has 0 saturated carbocycles. The van der Waals surface area contributed by atoms with Crippen LogP contribution in [-0.4, -0.2) is 27.5 Å². The highest BCUT2D eigenvalue weighted by Crippen LogP contribution is 2.11. The second-order valence-corrected chi connectivity index (χ2v) is 6.16. The Labute approximate surface area is 123 Å². The van der Waals surface area contributed by atoms with Gasteiger partial charge < -0.3 is 15.0 Å². The maximum atomic E-state index is 11.6. The zero-order valence-electron chi connectivity index (χ0n) is 11.9. The van der Waals surface area contributed by atoms with Gasteiger partial charge in [0.15, 0.2) is 0 Å². The number of nitrogens with one attached hydrogen (secondary N) is 2. The van der Waals surface area contributed by atoms with Gasteiger partial charge >= 0.3 is 6.03 Å². The molecule has 0 aliphatic carbocycles. The molecule has 2 aromatic rings. The minimum atomic E-state index is -0.232. The van der Waals surface area contributed by atoms with E-state index in [1.807, 2.05) is 49.7 Å². The third kappa shape index (κ3) is 4.13. The maximum Gasteiger partial charge on any atom is 0.315 e. The molecule has 0 unspecified atom stereocenters. The van der Waals surface area contributed by atoms with E-state index in [9.17, 15) is 4.79 Å². The fraction of sp³-hybridized carbons (Fsp3) is 0.429. The third-order valence-electron chi connectivity index (χ3n) is 2.62. The molecule has 0 bridgehead atoms. The highest BCUT2D eigenvalue weighted by Gasteiger charge is 2.12. The number of pyridine rings is 1. The van der Waals surface area contributed by atoms with E-state index in [0.29, 0.717) is 18.0 Å². The number of hydrogen-bond donors (Lipinski definition) is 2. The molecule has 0 aliphatic heterocycles. The lowest BCUT2D eigenvalue weighted by Gasteiger charge is -2.20. The van der Waals surface area contributed by atoms with E-state index >= 15 is 0 Å². The summed E-state index contributed by atoms with van der Waals surface area (Å²) in [5.41, 5.74) is 1.54. The number of amides is 2. The molecular weight excluding hydrogens is 276 g/mol. The number of fused-ring (bicyclic) bond motifs is 1. The van der Waals surface area contributed by atoms with E-state index < -0.39 is 0 Å². The summed E-state index contributed by atoms with van der Waals surface area (Å²) in [6, 6.07) is 3.51. The zero-order chi connectivity index (χ0) is 14.8. The number of carbonyl (C=O) groups is 1. The minimum Gasteiger partial charge on any atom is -0.338 e. The van der Waals surface area contributed by atoms with Gasteiger partial charge in [0.2, 0.25) is 0 Å². The van der Waals surface area contributed by atoms with Crippen LogP contribution in [0.5, 0.6) is 0 Å². The van der Waals surface area contributed by atoms with Gasteiger partial charge in [-0.15, -0.1) is 0 Å². The molecule has 2 rings (SSSR count). The highest BCUT2D eigenvalue weighted by atomic mass is 35.5. The van der Waals surface area contributed by atoms with Crippen molar-refractivity contribution in [1.82, 2.24) is 20.0 Å². The molecule has 0 aliphatic rings. The van der Waals surface area contributed by atoms with Crippen LogP contribution in [0, 0.1) is 0 Å². The van der Waals surface area contributed by atoms with Crippen molar-refractivity contribution in [2.75, 3.05) is 6.54 Å². The lowest BCUT2D eigenvalue weighted by Crippen LogP contribution is -2.46. The Morgan fingerprint density at radius 2 is 2.10 bits per heavy atom. The molecule has 2 N–H and O–H groups in total. The molecule has 2 aromatic heterocycles. The molecule has 2 amide bonds. The number of imidazole rings is 1. The molecule has 0 spiro atoms. The van der Waals surface area contributed by atoms with Gasteiger partial charge in [0, 0.05) is 30.9 Å². The van der Waals surface area contributed by atoms with Crippen molar-refractivity contribution in [3.05, 3.63) is 35.2 Å². The predicted octanol–water partition coefficient (Wildman–Crippen LogP) is 2.63. The molecule has 0 radical (unpaired) electrons. The Bertz CT molecular complexity index is 615. The van der Waals surface area contributed by atoms with Gasteiger partial charge in [-0.3, -0.25) is 0 Å². The Kier molecular flexibility index (Phi) is 4.18. The van der Waals surface area contributed by atoms with Crippen molar-refractivity contribution < 1.29 is 4.79 Å². The fourth-order valence-corrected chi connectivity index (χ4v) is 1.99. The van der Waals surface area contributed by atoms with Gasteiger partial charge in [0.05, 0.1) is 10.7 Å². The number of hydrogen-bond acceptors (Lipinski definition) is 2. The summed E-state index contributed by atoms with van der Waals surface area (Å²) in [7, 11) is 0. The monoisotopic (exact) mass is 294 g/mol. The fourth-order valence-electron chi connectivity index (χ4n) is 1.83. The SMILES string of the molecule is CC(C)(C)NC(=O)NCCc1cn2cc(Cl)ccc2n1. The summed E-state index contributed by atoms with van der Waals surface area (Å²) < 4.78 is 1.88. The topological polar surface area (TPSA) is 58.4 Å². The summed E-state index contributed by atoms with van der Waals surface area (Å²) in [5.74, 6) is 0. The molecule has 108 valence electrons. The molecule has 0 aromatic carbocycles. The van der Waals surface area contributed by atoms with Gasteiger partial charge in [0.1, 0.15) is 5.65 Å². The first kappa shape index (κ1) is 14.7. The summed E-state index contributed by atoms with van der Waals surface area (Å²) in [6.07, 6.45) is 4.41. The predicted molar refractivity (Wildman–Crippen MR) is 80.2 cm³/mol. The molecule has 0 fully saturated rings. The van der Waals surface area contributed by atoms with Crippen LogP contribution in [-0.2, 0) is 6.42 Å². The van der Waals surface area contributed by atoms with Crippen LogP contribution in [0.1, 0.15) is 26.5 Å². The summed E-state index contributed by atoms with van der Waals surface area (Å²) >= 11 is 5.92. The van der Waals surface area contributed by atoms with Gasteiger partial charge in [0.25, 0.3) is 0 Å². The van der Waals surface area contributed by atoms with E-state index in [1.54, 1.807) is 0 Å². The van der Waals surface area contributed by atoms with Crippen molar-refractivity contribution in [1.29, 1.82) is 0 Å². The molecule has 0 saturated heterocycles. The zero-order valence-corrected chi connectivity index (χ0v) is 12.7. The Balaban J connectivity index is 1.88. The van der Waals surface area contributed by atoms with Crippen LogP contribution in [0.2, 0.25) is 5.02 Å². The normalized spacial score (nSPS) is 11.6. The smallest absolute Gasteiger partial charge is 0.315 e. The Hall–Kier alpha value is -1.75. The first-order chi connectivity index (χ1) is 9.33. The number of carbonyl (C=O) groups excluding carboxylic acids is 1. The molecule has 2 heterocycles. The van der Waals surface area contributed by atoms with E-state index in [2.05, 4.69) is 15.6 Å². The summed E-state index contributed by atoms with van der Waals surface area (Å²) in [5, 5.41) is 6.33. The van der Waals surface area contributed by atoms with Crippen molar-refractivity contribution in [3.63, 3.8) is 0 Å². The summed E-state index contributed by atoms with van der Waals surface area (Å²) in [6.45, 7) is 6.37. The molecule has 6 heteroatoms. The van der Waals surface area contributed by atoms with Crippen LogP contribution < -0.4 is 10.6 Å². The van der Waals surface area contributed by atoms with Crippen LogP contribution in [0.3, 0.4) is 0 Å². The van der Waals surface area contributed by atoms with Crippen LogP contribution in [0.25, 0.3) is 5.65 Å². The van der Waals surface area contributed by atoms with Crippen molar-refractivity contribution in [2.24, 2.45) is 0 Å². The van der Waals surface area contributed by atoms with Crippen molar-refractivity contribution in [3.8, 4) is 0 Å². The maximum absolute atomic E-state index is 11.6. The molecule has 20 heavy (non-hydrogen) atoms. The summed E-state index contributed by atoms with van der Waals surface area (Å²) in [4.78, 5) is 16.1. The van der Waals surface area contributed by atoms with Gasteiger partial charge in [-0.05, 0) is 32.9 Å². The van der Waals surface area contributed by atoms with Gasteiger partial charge in [-0.2, -0.15) is 0 Å². The lowest BCUT2D eigenvalue weighted by atomic mass is 10.1.